The molecular weight excluding hydrogens is 288 g/mol. The molecule has 0 amide bonds. The van der Waals surface area contributed by atoms with Gasteiger partial charge in [0.1, 0.15) is 11.5 Å². The van der Waals surface area contributed by atoms with E-state index in [0.717, 1.165) is 10.4 Å². The average Bonchev–Trinajstić information content (AvgIpc) is 2.80. The van der Waals surface area contributed by atoms with Gasteiger partial charge in [0.2, 0.25) is 0 Å². The summed E-state index contributed by atoms with van der Waals surface area (Å²) in [6.45, 7) is 6.96. The Morgan fingerprint density at radius 2 is 2.14 bits per heavy atom. The van der Waals surface area contributed by atoms with Gasteiger partial charge in [0, 0.05) is 18.0 Å². The Hall–Kier alpha value is -2.02. The topological polar surface area (TPSA) is 92.9 Å². The van der Waals surface area contributed by atoms with Crippen molar-refractivity contribution in [3.05, 3.63) is 42.7 Å². The van der Waals surface area contributed by atoms with Gasteiger partial charge in [0.05, 0.1) is 0 Å². The third-order valence-electron chi connectivity index (χ3n) is 3.18. The number of thiophene rings is 1. The zero-order valence-corrected chi connectivity index (χ0v) is 13.2. The lowest BCUT2D eigenvalue weighted by Gasteiger charge is -2.15. The summed E-state index contributed by atoms with van der Waals surface area (Å²) >= 11 is 1.61. The number of nitrogen functional groups attached to an aromatic ring is 1. The Labute approximate surface area is 126 Å². The molecule has 0 saturated heterocycles. The van der Waals surface area contributed by atoms with Crippen molar-refractivity contribution < 1.29 is 0 Å². The van der Waals surface area contributed by atoms with Crippen molar-refractivity contribution in [2.75, 3.05) is 11.1 Å². The van der Waals surface area contributed by atoms with E-state index in [4.69, 9.17) is 5.73 Å². The molecule has 0 bridgehead atoms. The van der Waals surface area contributed by atoms with Gasteiger partial charge in [-0.25, -0.2) is 4.79 Å². The van der Waals surface area contributed by atoms with Crippen LogP contribution in [0.1, 0.15) is 24.3 Å². The van der Waals surface area contributed by atoms with Gasteiger partial charge in [0.15, 0.2) is 0 Å². The van der Waals surface area contributed by atoms with Crippen molar-refractivity contribution in [3.63, 3.8) is 0 Å². The van der Waals surface area contributed by atoms with Crippen LogP contribution in [0.4, 0.5) is 11.5 Å². The van der Waals surface area contributed by atoms with Gasteiger partial charge in [-0.1, -0.05) is 13.8 Å². The summed E-state index contributed by atoms with van der Waals surface area (Å²) in [5.74, 6) is 0.440. The number of aryl methyl sites for hydroxylation is 1. The summed E-state index contributed by atoms with van der Waals surface area (Å²) in [5, 5.41) is 5.05. The molecule has 0 spiro atoms. The number of nitrogens with zero attached hydrogens (tertiary/aromatic N) is 1. The molecule has 2 aromatic heterocycles. The first-order valence-electron chi connectivity index (χ1n) is 6.79. The normalized spacial score (nSPS) is 11.0. The molecule has 0 aliphatic heterocycles. The molecular formula is C14H20N4O2S. The summed E-state index contributed by atoms with van der Waals surface area (Å²) in [5.41, 5.74) is 6.46. The highest BCUT2D eigenvalue weighted by molar-refractivity contribution is 7.10. The maximum atomic E-state index is 11.9. The number of hydrogen-bond donors (Lipinski definition) is 3. The Morgan fingerprint density at radius 3 is 2.71 bits per heavy atom. The minimum Gasteiger partial charge on any atom is -0.383 e. The molecule has 0 aromatic carbocycles. The molecule has 7 heteroatoms. The van der Waals surface area contributed by atoms with Gasteiger partial charge < -0.3 is 11.1 Å². The minimum atomic E-state index is -0.480. The number of aromatic nitrogens is 2. The van der Waals surface area contributed by atoms with E-state index in [1.54, 1.807) is 11.3 Å². The molecule has 21 heavy (non-hydrogen) atoms. The summed E-state index contributed by atoms with van der Waals surface area (Å²) < 4.78 is 1.40. The fourth-order valence-corrected chi connectivity index (χ4v) is 2.90. The van der Waals surface area contributed by atoms with Crippen LogP contribution in [0.15, 0.2) is 21.0 Å². The third-order valence-corrected chi connectivity index (χ3v) is 4.20. The van der Waals surface area contributed by atoms with E-state index in [-0.39, 0.29) is 17.4 Å². The highest BCUT2D eigenvalue weighted by Crippen LogP contribution is 2.18. The summed E-state index contributed by atoms with van der Waals surface area (Å²) in [4.78, 5) is 27.2. The summed E-state index contributed by atoms with van der Waals surface area (Å²) in [6, 6.07) is 2.02. The molecule has 0 saturated carbocycles. The smallest absolute Gasteiger partial charge is 0.330 e. The lowest BCUT2D eigenvalue weighted by molar-refractivity contribution is 0.508. The van der Waals surface area contributed by atoms with Crippen molar-refractivity contribution in [1.29, 1.82) is 0 Å². The van der Waals surface area contributed by atoms with Crippen LogP contribution in [-0.2, 0) is 13.1 Å². The van der Waals surface area contributed by atoms with Gasteiger partial charge in [-0.05, 0) is 29.9 Å². The fourth-order valence-electron chi connectivity index (χ4n) is 2.06. The van der Waals surface area contributed by atoms with Crippen molar-refractivity contribution >= 4 is 22.8 Å². The average molecular weight is 308 g/mol. The van der Waals surface area contributed by atoms with Crippen LogP contribution in [-0.4, -0.2) is 9.55 Å². The highest BCUT2D eigenvalue weighted by Gasteiger charge is 2.13. The monoisotopic (exact) mass is 308 g/mol. The van der Waals surface area contributed by atoms with E-state index >= 15 is 0 Å². The quantitative estimate of drug-likeness (QED) is 0.784. The number of nitrogens with two attached hydrogens (primary N) is 1. The first-order chi connectivity index (χ1) is 9.90. The molecule has 0 unspecified atom stereocenters. The van der Waals surface area contributed by atoms with Gasteiger partial charge >= 0.3 is 5.69 Å². The maximum absolute atomic E-state index is 11.9. The molecule has 2 aromatic rings. The van der Waals surface area contributed by atoms with Crippen molar-refractivity contribution in [2.24, 2.45) is 5.92 Å². The Morgan fingerprint density at radius 1 is 1.43 bits per heavy atom. The van der Waals surface area contributed by atoms with E-state index in [1.165, 1.54) is 4.57 Å². The van der Waals surface area contributed by atoms with Gasteiger partial charge in [0.25, 0.3) is 5.56 Å². The van der Waals surface area contributed by atoms with E-state index in [9.17, 15) is 9.59 Å². The van der Waals surface area contributed by atoms with Gasteiger partial charge in [-0.15, -0.1) is 11.3 Å². The molecule has 6 nitrogen and oxygen atoms in total. The molecule has 0 aliphatic carbocycles. The first-order valence-corrected chi connectivity index (χ1v) is 7.67. The number of aromatic amines is 1. The second kappa shape index (κ2) is 6.17. The molecule has 0 atom stereocenters. The standard InChI is InChI=1S/C14H20N4O2S/c1-8(2)7-18-12(15)11(13(19)17-14(18)20)16-6-10-9(3)4-5-21-10/h4-5,8,16H,6-7,15H2,1-3H3,(H,17,19,20). The third kappa shape index (κ3) is 3.36. The predicted octanol–water partition coefficient (Wildman–Crippen LogP) is 1.76. The van der Waals surface area contributed by atoms with Crippen LogP contribution in [0.2, 0.25) is 0 Å². The Balaban J connectivity index is 2.33. The van der Waals surface area contributed by atoms with Gasteiger partial charge in [-0.2, -0.15) is 0 Å². The number of rotatable bonds is 5. The maximum Gasteiger partial charge on any atom is 0.330 e. The van der Waals surface area contributed by atoms with E-state index in [2.05, 4.69) is 10.3 Å². The molecule has 114 valence electrons. The highest BCUT2D eigenvalue weighted by atomic mass is 32.1. The molecule has 4 N–H and O–H groups in total. The van der Waals surface area contributed by atoms with E-state index < -0.39 is 11.2 Å². The molecule has 0 aliphatic rings. The number of H-pyrrole nitrogens is 1. The van der Waals surface area contributed by atoms with E-state index in [0.29, 0.717) is 13.1 Å². The van der Waals surface area contributed by atoms with Crippen LogP contribution in [0, 0.1) is 12.8 Å². The lowest BCUT2D eigenvalue weighted by Crippen LogP contribution is -2.35. The Kier molecular flexibility index (Phi) is 4.52. The van der Waals surface area contributed by atoms with Crippen molar-refractivity contribution in [3.8, 4) is 0 Å². The molecule has 0 radical (unpaired) electrons. The zero-order valence-electron chi connectivity index (χ0n) is 12.4. The van der Waals surface area contributed by atoms with Crippen LogP contribution >= 0.6 is 11.3 Å². The molecule has 2 heterocycles. The largest absolute Gasteiger partial charge is 0.383 e. The summed E-state index contributed by atoms with van der Waals surface area (Å²) in [6.07, 6.45) is 0. The molecule has 2 rings (SSSR count). The van der Waals surface area contributed by atoms with Crippen molar-refractivity contribution in [1.82, 2.24) is 9.55 Å². The Bertz CT molecular complexity index is 742. The summed E-state index contributed by atoms with van der Waals surface area (Å²) in [7, 11) is 0. The second-order valence-corrected chi connectivity index (χ2v) is 6.40. The predicted molar refractivity (Wildman–Crippen MR) is 87.0 cm³/mol. The number of anilines is 2. The number of hydrogen-bond acceptors (Lipinski definition) is 5. The van der Waals surface area contributed by atoms with Crippen molar-refractivity contribution in [2.45, 2.75) is 33.9 Å². The second-order valence-electron chi connectivity index (χ2n) is 5.40. The van der Waals surface area contributed by atoms with Crippen LogP contribution < -0.4 is 22.3 Å². The van der Waals surface area contributed by atoms with Crippen LogP contribution in [0.25, 0.3) is 0 Å². The van der Waals surface area contributed by atoms with E-state index in [1.807, 2.05) is 32.2 Å². The SMILES string of the molecule is Cc1ccsc1CNc1c(N)n(CC(C)C)c(=O)[nH]c1=O. The minimum absolute atomic E-state index is 0.187. The van der Waals surface area contributed by atoms with Gasteiger partial charge in [-0.3, -0.25) is 14.3 Å². The fraction of sp³-hybridized carbons (Fsp3) is 0.429. The zero-order chi connectivity index (χ0) is 15.6. The lowest BCUT2D eigenvalue weighted by atomic mass is 10.2. The number of nitrogens with one attached hydrogen (secondary N) is 2. The molecule has 0 fully saturated rings. The van der Waals surface area contributed by atoms with Crippen LogP contribution in [0.3, 0.4) is 0 Å². The van der Waals surface area contributed by atoms with Crippen LogP contribution in [0.5, 0.6) is 0 Å². The first kappa shape index (κ1) is 15.4.